The first-order chi connectivity index (χ1) is 9.60. The summed E-state index contributed by atoms with van der Waals surface area (Å²) in [7, 11) is 2.03. The fraction of sp³-hybridized carbons (Fsp3) is 0.312. The highest BCUT2D eigenvalue weighted by molar-refractivity contribution is 5.91. The average Bonchev–Trinajstić information content (AvgIpc) is 2.84. The first-order valence-corrected chi connectivity index (χ1v) is 6.84. The number of rotatable bonds is 5. The van der Waals surface area contributed by atoms with Gasteiger partial charge in [0.2, 0.25) is 5.91 Å². The van der Waals surface area contributed by atoms with Crippen LogP contribution >= 0.6 is 0 Å². The second kappa shape index (κ2) is 6.28. The van der Waals surface area contributed by atoms with Gasteiger partial charge < -0.3 is 15.2 Å². The van der Waals surface area contributed by atoms with Crippen molar-refractivity contribution in [1.82, 2.24) is 4.57 Å². The van der Waals surface area contributed by atoms with E-state index in [1.165, 1.54) is 5.69 Å². The maximum atomic E-state index is 11.4. The number of amides is 1. The zero-order valence-electron chi connectivity index (χ0n) is 12.2. The molecule has 0 spiro atoms. The Balaban J connectivity index is 2.08. The van der Waals surface area contributed by atoms with Crippen molar-refractivity contribution in [2.45, 2.75) is 26.8 Å². The number of nitrogens with one attached hydrogen (secondary N) is 2. The Hall–Kier alpha value is -2.23. The Morgan fingerprint density at radius 2 is 2.10 bits per heavy atom. The lowest BCUT2D eigenvalue weighted by molar-refractivity contribution is -0.115. The molecule has 0 atom stereocenters. The molecule has 0 aliphatic carbocycles. The fourth-order valence-electron chi connectivity index (χ4n) is 2.01. The number of hydrogen-bond donors (Lipinski definition) is 2. The van der Waals surface area contributed by atoms with Crippen LogP contribution in [0.5, 0.6) is 0 Å². The maximum absolute atomic E-state index is 11.4. The van der Waals surface area contributed by atoms with Gasteiger partial charge in [0.15, 0.2) is 0 Å². The van der Waals surface area contributed by atoms with Crippen molar-refractivity contribution < 1.29 is 4.79 Å². The zero-order chi connectivity index (χ0) is 14.5. The van der Waals surface area contributed by atoms with E-state index in [1.807, 2.05) is 44.4 Å². The van der Waals surface area contributed by atoms with E-state index in [9.17, 15) is 4.79 Å². The molecule has 0 fully saturated rings. The average molecular weight is 271 g/mol. The molecule has 1 heterocycles. The highest BCUT2D eigenvalue weighted by atomic mass is 16.1. The van der Waals surface area contributed by atoms with E-state index in [-0.39, 0.29) is 5.91 Å². The summed E-state index contributed by atoms with van der Waals surface area (Å²) in [6, 6.07) is 10.0. The lowest BCUT2D eigenvalue weighted by atomic mass is 10.1. The van der Waals surface area contributed by atoms with Gasteiger partial charge in [-0.3, -0.25) is 4.79 Å². The predicted molar refractivity (Wildman–Crippen MR) is 82.8 cm³/mol. The van der Waals surface area contributed by atoms with Gasteiger partial charge in [0.1, 0.15) is 0 Å². The number of aryl methyl sites for hydroxylation is 2. The van der Waals surface area contributed by atoms with Crippen LogP contribution in [-0.2, 0) is 18.4 Å². The third-order valence-electron chi connectivity index (χ3n) is 3.35. The third-order valence-corrected chi connectivity index (χ3v) is 3.35. The van der Waals surface area contributed by atoms with E-state index >= 15 is 0 Å². The highest BCUT2D eigenvalue weighted by Gasteiger charge is 2.04. The minimum Gasteiger partial charge on any atom is -0.379 e. The van der Waals surface area contributed by atoms with E-state index in [1.54, 1.807) is 0 Å². The lowest BCUT2D eigenvalue weighted by Gasteiger charge is -2.12. The van der Waals surface area contributed by atoms with E-state index in [4.69, 9.17) is 0 Å². The van der Waals surface area contributed by atoms with Crippen molar-refractivity contribution in [2.75, 3.05) is 10.6 Å². The molecule has 4 nitrogen and oxygen atoms in total. The molecule has 1 aromatic heterocycles. The van der Waals surface area contributed by atoms with Crippen LogP contribution in [-0.4, -0.2) is 10.5 Å². The smallest absolute Gasteiger partial charge is 0.224 e. The lowest BCUT2D eigenvalue weighted by Crippen LogP contribution is -2.10. The normalized spacial score (nSPS) is 10.3. The summed E-state index contributed by atoms with van der Waals surface area (Å²) >= 11 is 0. The number of hydrogen-bond acceptors (Lipinski definition) is 2. The van der Waals surface area contributed by atoms with Gasteiger partial charge in [0.25, 0.3) is 0 Å². The van der Waals surface area contributed by atoms with Crippen LogP contribution in [0.3, 0.4) is 0 Å². The van der Waals surface area contributed by atoms with E-state index < -0.39 is 0 Å². The van der Waals surface area contributed by atoms with Crippen LogP contribution in [0.15, 0.2) is 36.5 Å². The van der Waals surface area contributed by atoms with Crippen molar-refractivity contribution in [2.24, 2.45) is 7.05 Å². The van der Waals surface area contributed by atoms with Crippen molar-refractivity contribution >= 4 is 17.3 Å². The molecule has 106 valence electrons. The fourth-order valence-corrected chi connectivity index (χ4v) is 2.01. The molecule has 20 heavy (non-hydrogen) atoms. The molecule has 0 aliphatic heterocycles. The number of benzene rings is 1. The minimum atomic E-state index is 0.0298. The summed E-state index contributed by atoms with van der Waals surface area (Å²) in [5.41, 5.74) is 4.25. The molecule has 0 saturated carbocycles. The maximum Gasteiger partial charge on any atom is 0.224 e. The second-order valence-corrected chi connectivity index (χ2v) is 4.90. The monoisotopic (exact) mass is 271 g/mol. The van der Waals surface area contributed by atoms with Crippen LogP contribution in [0.25, 0.3) is 0 Å². The molecule has 4 heteroatoms. The first kappa shape index (κ1) is 14.2. The molecule has 1 aromatic carbocycles. The van der Waals surface area contributed by atoms with Crippen molar-refractivity contribution in [3.63, 3.8) is 0 Å². The Morgan fingerprint density at radius 1 is 1.30 bits per heavy atom. The summed E-state index contributed by atoms with van der Waals surface area (Å²) < 4.78 is 2.09. The zero-order valence-corrected chi connectivity index (χ0v) is 12.2. The molecule has 0 saturated heterocycles. The summed E-state index contributed by atoms with van der Waals surface area (Å²) in [6.07, 6.45) is 2.52. The van der Waals surface area contributed by atoms with Crippen LogP contribution < -0.4 is 10.6 Å². The molecule has 2 N–H and O–H groups in total. The Morgan fingerprint density at radius 3 is 2.75 bits per heavy atom. The largest absolute Gasteiger partial charge is 0.379 e. The molecule has 0 bridgehead atoms. The Bertz CT molecular complexity index is 602. The number of nitrogens with zero attached hydrogens (tertiary/aromatic N) is 1. The molecule has 2 aromatic rings. The third kappa shape index (κ3) is 3.41. The topological polar surface area (TPSA) is 46.1 Å². The van der Waals surface area contributed by atoms with Gasteiger partial charge >= 0.3 is 0 Å². The van der Waals surface area contributed by atoms with E-state index in [2.05, 4.69) is 28.2 Å². The van der Waals surface area contributed by atoms with Gasteiger partial charge in [0, 0.05) is 36.7 Å². The van der Waals surface area contributed by atoms with Crippen molar-refractivity contribution in [1.29, 1.82) is 0 Å². The summed E-state index contributed by atoms with van der Waals surface area (Å²) in [5.74, 6) is 0.0298. The molecule has 0 aliphatic rings. The van der Waals surface area contributed by atoms with Gasteiger partial charge in [-0.1, -0.05) is 13.0 Å². The number of carbonyl (C=O) groups excluding carboxylic acids is 1. The minimum absolute atomic E-state index is 0.0298. The quantitative estimate of drug-likeness (QED) is 0.876. The van der Waals surface area contributed by atoms with E-state index in [0.717, 1.165) is 23.5 Å². The summed E-state index contributed by atoms with van der Waals surface area (Å²) in [4.78, 5) is 11.4. The van der Waals surface area contributed by atoms with Gasteiger partial charge in [-0.15, -0.1) is 0 Å². The van der Waals surface area contributed by atoms with Crippen LogP contribution in [0.2, 0.25) is 0 Å². The summed E-state index contributed by atoms with van der Waals surface area (Å²) in [6.45, 7) is 4.66. The van der Waals surface area contributed by atoms with E-state index in [0.29, 0.717) is 6.42 Å². The molecule has 2 rings (SSSR count). The van der Waals surface area contributed by atoms with Crippen LogP contribution in [0, 0.1) is 6.92 Å². The van der Waals surface area contributed by atoms with Gasteiger partial charge in [-0.05, 0) is 36.8 Å². The number of carbonyl (C=O) groups is 1. The van der Waals surface area contributed by atoms with Gasteiger partial charge in [-0.25, -0.2) is 0 Å². The first-order valence-electron chi connectivity index (χ1n) is 6.84. The molecule has 0 radical (unpaired) electrons. The van der Waals surface area contributed by atoms with Gasteiger partial charge in [-0.2, -0.15) is 0 Å². The molecule has 1 amide bonds. The van der Waals surface area contributed by atoms with Crippen LogP contribution in [0.4, 0.5) is 11.4 Å². The number of aromatic nitrogens is 1. The predicted octanol–water partition coefficient (Wildman–Crippen LogP) is 3.29. The Labute approximate surface area is 119 Å². The summed E-state index contributed by atoms with van der Waals surface area (Å²) in [5, 5.41) is 6.30. The molecular weight excluding hydrogens is 250 g/mol. The Kier molecular flexibility index (Phi) is 4.45. The van der Waals surface area contributed by atoms with Gasteiger partial charge in [0.05, 0.1) is 6.54 Å². The van der Waals surface area contributed by atoms with Crippen molar-refractivity contribution in [3.05, 3.63) is 47.8 Å². The molecular formula is C16H21N3O. The molecule has 0 unspecified atom stereocenters. The standard InChI is InChI=1S/C16H21N3O/c1-4-16(20)18-13-8-7-12(2)15(10-13)17-11-14-6-5-9-19(14)3/h5-10,17H,4,11H2,1-3H3,(H,18,20). The highest BCUT2D eigenvalue weighted by Crippen LogP contribution is 2.21. The second-order valence-electron chi connectivity index (χ2n) is 4.90. The number of anilines is 2. The van der Waals surface area contributed by atoms with Crippen molar-refractivity contribution in [3.8, 4) is 0 Å². The SMILES string of the molecule is CCC(=O)Nc1ccc(C)c(NCc2cccn2C)c1. The van der Waals surface area contributed by atoms with Crippen LogP contribution in [0.1, 0.15) is 24.6 Å².